The first-order chi connectivity index (χ1) is 13.9. The average molecular weight is 453 g/mol. The highest BCUT2D eigenvalue weighted by Gasteiger charge is 2.31. The van der Waals surface area contributed by atoms with Gasteiger partial charge in [-0.3, -0.25) is 9.59 Å². The highest BCUT2D eigenvalue weighted by atomic mass is 32.2. The van der Waals surface area contributed by atoms with Gasteiger partial charge >= 0.3 is 11.8 Å². The normalized spacial score (nSPS) is 12.3. The number of halogens is 1. The number of rotatable bonds is 7. The van der Waals surface area contributed by atoms with E-state index in [0.717, 1.165) is 11.3 Å². The Bertz CT molecular complexity index is 1060. The molecule has 3 aromatic rings. The van der Waals surface area contributed by atoms with Crippen molar-refractivity contribution in [3.8, 4) is 0 Å². The van der Waals surface area contributed by atoms with Crippen molar-refractivity contribution in [3.63, 3.8) is 0 Å². The highest BCUT2D eigenvalue weighted by molar-refractivity contribution is 7.93. The van der Waals surface area contributed by atoms with Gasteiger partial charge in [-0.05, 0) is 40.6 Å². The van der Waals surface area contributed by atoms with Crippen LogP contribution in [-0.4, -0.2) is 26.8 Å². The smallest absolute Gasteiger partial charge is 0.309 e. The summed E-state index contributed by atoms with van der Waals surface area (Å²) in [5.41, 5.74) is 0.629. The lowest BCUT2D eigenvalue weighted by atomic mass is 10.2. The molecule has 3 rings (SSSR count). The van der Waals surface area contributed by atoms with E-state index in [2.05, 4.69) is 10.6 Å². The van der Waals surface area contributed by atoms with Crippen LogP contribution < -0.4 is 10.6 Å². The van der Waals surface area contributed by atoms with Gasteiger partial charge in [-0.1, -0.05) is 24.3 Å². The van der Waals surface area contributed by atoms with Crippen LogP contribution in [0.15, 0.2) is 63.5 Å². The summed E-state index contributed by atoms with van der Waals surface area (Å²) in [7, 11) is -3.71. The fourth-order valence-corrected chi connectivity index (χ4v) is 6.52. The SMILES string of the molecule is O=C(NCc1ccc(F)cc1)C(=O)NCC(c1cccs1)S(=O)(=O)c1cccs1. The Morgan fingerprint density at radius 2 is 1.59 bits per heavy atom. The molecule has 2 N–H and O–H groups in total. The first-order valence-electron chi connectivity index (χ1n) is 8.49. The summed E-state index contributed by atoms with van der Waals surface area (Å²) in [6.07, 6.45) is 0. The maximum atomic E-state index is 12.9. The number of hydrogen-bond acceptors (Lipinski definition) is 6. The summed E-state index contributed by atoms with van der Waals surface area (Å²) in [5, 5.41) is 7.26. The molecule has 2 aromatic heterocycles. The van der Waals surface area contributed by atoms with Crippen LogP contribution in [0.3, 0.4) is 0 Å². The van der Waals surface area contributed by atoms with Gasteiger partial charge in [0.1, 0.15) is 15.3 Å². The zero-order chi connectivity index (χ0) is 20.9. The van der Waals surface area contributed by atoms with E-state index in [1.807, 2.05) is 0 Å². The number of sulfone groups is 1. The molecule has 0 aliphatic rings. The molecule has 10 heteroatoms. The van der Waals surface area contributed by atoms with Gasteiger partial charge < -0.3 is 10.6 Å². The second-order valence-electron chi connectivity index (χ2n) is 6.00. The highest BCUT2D eigenvalue weighted by Crippen LogP contribution is 2.33. The van der Waals surface area contributed by atoms with Crippen LogP contribution in [0, 0.1) is 5.82 Å². The molecule has 1 unspecified atom stereocenters. The van der Waals surface area contributed by atoms with E-state index in [1.165, 1.54) is 41.7 Å². The van der Waals surface area contributed by atoms with E-state index in [9.17, 15) is 22.4 Å². The van der Waals surface area contributed by atoms with Gasteiger partial charge in [-0.25, -0.2) is 12.8 Å². The molecule has 152 valence electrons. The molecule has 0 fully saturated rings. The van der Waals surface area contributed by atoms with Crippen LogP contribution in [0.2, 0.25) is 0 Å². The molecule has 0 aliphatic heterocycles. The molecule has 29 heavy (non-hydrogen) atoms. The Balaban J connectivity index is 1.64. The van der Waals surface area contributed by atoms with E-state index >= 15 is 0 Å². The zero-order valence-corrected chi connectivity index (χ0v) is 17.5. The fourth-order valence-electron chi connectivity index (χ4n) is 2.53. The first kappa shape index (κ1) is 21.2. The maximum absolute atomic E-state index is 12.9. The Morgan fingerprint density at radius 3 is 2.21 bits per heavy atom. The van der Waals surface area contributed by atoms with Crippen molar-refractivity contribution < 1.29 is 22.4 Å². The molecule has 1 aromatic carbocycles. The summed E-state index contributed by atoms with van der Waals surface area (Å²) in [6.45, 7) is -0.183. The molecule has 0 spiro atoms. The minimum atomic E-state index is -3.71. The largest absolute Gasteiger partial charge is 0.346 e. The molecule has 0 radical (unpaired) electrons. The fraction of sp³-hybridized carbons (Fsp3) is 0.158. The lowest BCUT2D eigenvalue weighted by Crippen LogP contribution is -2.41. The van der Waals surface area contributed by atoms with E-state index in [1.54, 1.807) is 29.0 Å². The second-order valence-corrected chi connectivity index (χ2v) is 10.3. The summed E-state index contributed by atoms with van der Waals surface area (Å²) in [6, 6.07) is 12.1. The third-order valence-electron chi connectivity index (χ3n) is 4.03. The number of nitrogens with one attached hydrogen (secondary N) is 2. The molecule has 0 aliphatic carbocycles. The summed E-state index contributed by atoms with van der Waals surface area (Å²) < 4.78 is 39.0. The van der Waals surface area contributed by atoms with Crippen molar-refractivity contribution in [2.24, 2.45) is 0 Å². The predicted octanol–water partition coefficient (Wildman–Crippen LogP) is 2.90. The molecule has 1 atom stereocenters. The second kappa shape index (κ2) is 9.29. The quantitative estimate of drug-likeness (QED) is 0.539. The van der Waals surface area contributed by atoms with Gasteiger partial charge in [0.25, 0.3) is 0 Å². The van der Waals surface area contributed by atoms with Gasteiger partial charge in [-0.2, -0.15) is 0 Å². The summed E-state index contributed by atoms with van der Waals surface area (Å²) in [4.78, 5) is 24.7. The minimum absolute atomic E-state index is 0.0500. The summed E-state index contributed by atoms with van der Waals surface area (Å²) in [5.74, 6) is -2.23. The number of thiophene rings is 2. The topological polar surface area (TPSA) is 92.3 Å². The van der Waals surface area contributed by atoms with Gasteiger partial charge in [0, 0.05) is 18.0 Å². The van der Waals surface area contributed by atoms with Crippen LogP contribution in [0.5, 0.6) is 0 Å². The van der Waals surface area contributed by atoms with E-state index in [4.69, 9.17) is 0 Å². The van der Waals surface area contributed by atoms with E-state index in [0.29, 0.717) is 10.4 Å². The Hall–Kier alpha value is -2.56. The summed E-state index contributed by atoms with van der Waals surface area (Å²) >= 11 is 2.37. The third-order valence-corrected chi connectivity index (χ3v) is 8.68. The van der Waals surface area contributed by atoms with Crippen LogP contribution in [-0.2, 0) is 26.0 Å². The third kappa shape index (κ3) is 5.28. The van der Waals surface area contributed by atoms with Crippen molar-refractivity contribution in [1.29, 1.82) is 0 Å². The van der Waals surface area contributed by atoms with Crippen molar-refractivity contribution >= 4 is 44.3 Å². The Labute approximate surface area is 175 Å². The number of hydrogen-bond donors (Lipinski definition) is 2. The Kier molecular flexibility index (Phi) is 6.78. The van der Waals surface area contributed by atoms with Crippen LogP contribution in [0.1, 0.15) is 15.7 Å². The molecular weight excluding hydrogens is 435 g/mol. The molecular formula is C19H17FN2O4S3. The van der Waals surface area contributed by atoms with Crippen molar-refractivity contribution in [3.05, 3.63) is 75.5 Å². The molecule has 0 saturated carbocycles. The van der Waals surface area contributed by atoms with Gasteiger partial charge in [-0.15, -0.1) is 22.7 Å². The average Bonchev–Trinajstić information content (AvgIpc) is 3.41. The molecule has 2 heterocycles. The number of benzene rings is 1. The van der Waals surface area contributed by atoms with Crippen LogP contribution in [0.4, 0.5) is 4.39 Å². The predicted molar refractivity (Wildman–Crippen MR) is 110 cm³/mol. The monoisotopic (exact) mass is 452 g/mol. The number of amides is 2. The van der Waals surface area contributed by atoms with Gasteiger partial charge in [0.2, 0.25) is 0 Å². The van der Waals surface area contributed by atoms with Crippen molar-refractivity contribution in [2.75, 3.05) is 6.54 Å². The van der Waals surface area contributed by atoms with Crippen molar-refractivity contribution in [1.82, 2.24) is 10.6 Å². The molecule has 0 saturated heterocycles. The zero-order valence-electron chi connectivity index (χ0n) is 15.0. The van der Waals surface area contributed by atoms with Gasteiger partial charge in [0.15, 0.2) is 9.84 Å². The minimum Gasteiger partial charge on any atom is -0.346 e. The maximum Gasteiger partial charge on any atom is 0.309 e. The lowest BCUT2D eigenvalue weighted by Gasteiger charge is -2.16. The van der Waals surface area contributed by atoms with Crippen molar-refractivity contribution in [2.45, 2.75) is 16.0 Å². The number of carbonyl (C=O) groups is 2. The van der Waals surface area contributed by atoms with E-state index < -0.39 is 32.7 Å². The van der Waals surface area contributed by atoms with E-state index in [-0.39, 0.29) is 17.3 Å². The molecule has 0 bridgehead atoms. The molecule has 6 nitrogen and oxygen atoms in total. The molecule has 2 amide bonds. The Morgan fingerprint density at radius 1 is 0.931 bits per heavy atom. The lowest BCUT2D eigenvalue weighted by molar-refractivity contribution is -0.139. The standard InChI is InChI=1S/C19H17FN2O4S3/c20-14-7-5-13(6-8-14)11-21-18(23)19(24)22-12-16(15-3-1-9-27-15)29(25,26)17-4-2-10-28-17/h1-10,16H,11-12H2,(H,21,23)(H,22,24). The first-order valence-corrected chi connectivity index (χ1v) is 11.8. The van der Waals surface area contributed by atoms with Gasteiger partial charge in [0.05, 0.1) is 0 Å². The van der Waals surface area contributed by atoms with Crippen LogP contribution >= 0.6 is 22.7 Å². The number of carbonyl (C=O) groups excluding carboxylic acids is 2. The van der Waals surface area contributed by atoms with Crippen LogP contribution in [0.25, 0.3) is 0 Å².